The first kappa shape index (κ1) is 22.8. The van der Waals surface area contributed by atoms with E-state index in [0.29, 0.717) is 0 Å². The molecule has 0 aromatic carbocycles. The number of ketones is 3. The summed E-state index contributed by atoms with van der Waals surface area (Å²) in [6.45, 7) is 4.92. The first-order chi connectivity index (χ1) is 10.4. The molecule has 0 amide bonds. The van der Waals surface area contributed by atoms with Gasteiger partial charge in [0.2, 0.25) is 0 Å². The molecule has 2 unspecified atom stereocenters. The van der Waals surface area contributed by atoms with Crippen LogP contribution in [-0.4, -0.2) is 82.6 Å². The average molecular weight is 350 g/mol. The van der Waals surface area contributed by atoms with Gasteiger partial charge in [0, 0.05) is 0 Å². The number of carbonyl (C=O) groups excluding carboxylic acids is 3. The van der Waals surface area contributed by atoms with Crippen LogP contribution in [0.5, 0.6) is 0 Å². The standard InChI is InChI=1S/C15H26O9/c1-7(16)10(19)15(24,9(3)18)11(20)13(5,22)14(6,23)12(4,21)8(2)17/h10-11,19-24H,1-6H3/t10?,11-,12?,13-,14-,15+/m0/s1. The Hall–Kier alpha value is -1.23. The molecule has 0 aliphatic carbocycles. The van der Waals surface area contributed by atoms with Gasteiger partial charge in [0.15, 0.2) is 34.7 Å². The second-order valence-electron chi connectivity index (χ2n) is 6.65. The highest BCUT2D eigenvalue weighted by Crippen LogP contribution is 2.40. The number of aliphatic hydroxyl groups excluding tert-OH is 2. The van der Waals surface area contributed by atoms with Gasteiger partial charge in [0.1, 0.15) is 17.3 Å². The highest BCUT2D eigenvalue weighted by molar-refractivity contribution is 5.94. The fourth-order valence-electron chi connectivity index (χ4n) is 2.37. The van der Waals surface area contributed by atoms with Crippen LogP contribution in [0.25, 0.3) is 0 Å². The molecule has 9 nitrogen and oxygen atoms in total. The summed E-state index contributed by atoms with van der Waals surface area (Å²) in [5, 5.41) is 61.8. The lowest BCUT2D eigenvalue weighted by molar-refractivity contribution is -0.277. The Kier molecular flexibility index (Phi) is 6.25. The molecule has 9 heteroatoms. The third-order valence-corrected chi connectivity index (χ3v) is 4.93. The highest BCUT2D eigenvalue weighted by Gasteiger charge is 2.66. The molecule has 0 bridgehead atoms. The van der Waals surface area contributed by atoms with E-state index in [1.807, 2.05) is 0 Å². The second kappa shape index (κ2) is 6.58. The minimum absolute atomic E-state index is 0.746. The third-order valence-electron chi connectivity index (χ3n) is 4.93. The van der Waals surface area contributed by atoms with Crippen LogP contribution in [0.1, 0.15) is 41.5 Å². The molecular formula is C15H26O9. The van der Waals surface area contributed by atoms with E-state index in [2.05, 4.69) is 0 Å². The van der Waals surface area contributed by atoms with Gasteiger partial charge < -0.3 is 30.6 Å². The van der Waals surface area contributed by atoms with Crippen molar-refractivity contribution < 1.29 is 45.0 Å². The van der Waals surface area contributed by atoms with Gasteiger partial charge in [-0.1, -0.05) is 0 Å². The predicted molar refractivity (Wildman–Crippen MR) is 80.9 cm³/mol. The Balaban J connectivity index is 6.32. The molecule has 0 fully saturated rings. The summed E-state index contributed by atoms with van der Waals surface area (Å²) < 4.78 is 0. The van der Waals surface area contributed by atoms with Gasteiger partial charge in [-0.25, -0.2) is 0 Å². The van der Waals surface area contributed by atoms with Gasteiger partial charge in [0.05, 0.1) is 0 Å². The second-order valence-corrected chi connectivity index (χ2v) is 6.65. The van der Waals surface area contributed by atoms with Crippen LogP contribution >= 0.6 is 0 Å². The summed E-state index contributed by atoms with van der Waals surface area (Å²) in [5.74, 6) is -3.32. The number of Topliss-reactive ketones (excluding diaryl/α,β-unsaturated/α-hetero) is 3. The van der Waals surface area contributed by atoms with Crippen molar-refractivity contribution in [1.82, 2.24) is 0 Å². The fraction of sp³-hybridized carbons (Fsp3) is 0.800. The van der Waals surface area contributed by atoms with Gasteiger partial charge in [-0.3, -0.25) is 14.4 Å². The Morgan fingerprint density at radius 2 is 1.17 bits per heavy atom. The zero-order valence-corrected chi connectivity index (χ0v) is 14.6. The van der Waals surface area contributed by atoms with Crippen molar-refractivity contribution in [2.24, 2.45) is 0 Å². The molecule has 0 spiro atoms. The molecule has 140 valence electrons. The SMILES string of the molecule is CC(=O)C(O)[C@](O)(C(C)=O)[C@@H](O)[C@](C)(O)[C@@](C)(O)C(C)(O)C(C)=O. The maximum Gasteiger partial charge on any atom is 0.184 e. The number of hydrogen-bond donors (Lipinski definition) is 6. The van der Waals surface area contributed by atoms with Crippen molar-refractivity contribution in [3.63, 3.8) is 0 Å². The smallest absolute Gasteiger partial charge is 0.184 e. The number of rotatable bonds is 8. The molecule has 0 aliphatic rings. The van der Waals surface area contributed by atoms with E-state index < -0.39 is 52.0 Å². The van der Waals surface area contributed by atoms with Crippen LogP contribution < -0.4 is 0 Å². The topological polar surface area (TPSA) is 173 Å². The zero-order chi connectivity index (χ0) is 19.9. The minimum atomic E-state index is -3.17. The fourth-order valence-corrected chi connectivity index (χ4v) is 2.37. The van der Waals surface area contributed by atoms with Gasteiger partial charge in [0.25, 0.3) is 0 Å². The van der Waals surface area contributed by atoms with Crippen LogP contribution in [-0.2, 0) is 14.4 Å². The molecule has 6 atom stereocenters. The van der Waals surface area contributed by atoms with Crippen LogP contribution in [0.15, 0.2) is 0 Å². The zero-order valence-electron chi connectivity index (χ0n) is 14.6. The summed E-state index contributed by atoms with van der Waals surface area (Å²) in [7, 11) is 0. The van der Waals surface area contributed by atoms with Crippen LogP contribution in [0.3, 0.4) is 0 Å². The molecule has 0 aromatic rings. The number of carbonyl (C=O) groups is 3. The van der Waals surface area contributed by atoms with Crippen LogP contribution in [0, 0.1) is 0 Å². The quantitative estimate of drug-likeness (QED) is 0.276. The lowest BCUT2D eigenvalue weighted by Gasteiger charge is -2.51. The predicted octanol–water partition coefficient (Wildman–Crippen LogP) is -2.54. The summed E-state index contributed by atoms with van der Waals surface area (Å²) in [4.78, 5) is 34.7. The largest absolute Gasteiger partial charge is 0.386 e. The summed E-state index contributed by atoms with van der Waals surface area (Å²) >= 11 is 0. The van der Waals surface area contributed by atoms with E-state index in [0.717, 1.165) is 41.5 Å². The first-order valence-corrected chi connectivity index (χ1v) is 7.18. The van der Waals surface area contributed by atoms with E-state index in [-0.39, 0.29) is 0 Å². The van der Waals surface area contributed by atoms with Gasteiger partial charge in [-0.15, -0.1) is 0 Å². The van der Waals surface area contributed by atoms with Crippen LogP contribution in [0.4, 0.5) is 0 Å². The van der Waals surface area contributed by atoms with Crippen molar-refractivity contribution in [2.75, 3.05) is 0 Å². The van der Waals surface area contributed by atoms with Gasteiger partial charge in [-0.2, -0.15) is 0 Å². The Morgan fingerprint density at radius 1 is 0.792 bits per heavy atom. The van der Waals surface area contributed by atoms with Crippen molar-refractivity contribution in [3.8, 4) is 0 Å². The molecule has 6 N–H and O–H groups in total. The molecule has 0 heterocycles. The maximum absolute atomic E-state index is 11.8. The minimum Gasteiger partial charge on any atom is -0.386 e. The van der Waals surface area contributed by atoms with Gasteiger partial charge in [-0.05, 0) is 41.5 Å². The maximum atomic E-state index is 11.8. The monoisotopic (exact) mass is 350 g/mol. The molecule has 0 saturated carbocycles. The van der Waals surface area contributed by atoms with Crippen molar-refractivity contribution in [2.45, 2.75) is 76.2 Å². The van der Waals surface area contributed by atoms with Crippen molar-refractivity contribution in [1.29, 1.82) is 0 Å². The molecular weight excluding hydrogens is 324 g/mol. The van der Waals surface area contributed by atoms with E-state index in [1.165, 1.54) is 0 Å². The lowest BCUT2D eigenvalue weighted by Crippen LogP contribution is -2.76. The Labute approximate surface area is 139 Å². The summed E-state index contributed by atoms with van der Waals surface area (Å²) in [5.41, 5.74) is -11.4. The van der Waals surface area contributed by atoms with Crippen molar-refractivity contribution >= 4 is 17.3 Å². The first-order valence-electron chi connectivity index (χ1n) is 7.18. The molecule has 0 radical (unpaired) electrons. The van der Waals surface area contributed by atoms with Crippen LogP contribution in [0.2, 0.25) is 0 Å². The number of aliphatic hydroxyl groups is 6. The van der Waals surface area contributed by atoms with E-state index in [9.17, 15) is 45.0 Å². The molecule has 0 aromatic heterocycles. The lowest BCUT2D eigenvalue weighted by atomic mass is 9.64. The normalized spacial score (nSPS) is 24.5. The summed E-state index contributed by atoms with van der Waals surface area (Å²) in [6, 6.07) is 0. The van der Waals surface area contributed by atoms with Crippen molar-refractivity contribution in [3.05, 3.63) is 0 Å². The highest BCUT2D eigenvalue weighted by atomic mass is 16.4. The summed E-state index contributed by atoms with van der Waals surface area (Å²) in [6.07, 6.45) is -5.03. The van der Waals surface area contributed by atoms with E-state index >= 15 is 0 Å². The third kappa shape index (κ3) is 3.15. The number of hydrogen-bond acceptors (Lipinski definition) is 9. The molecule has 0 aliphatic heterocycles. The Bertz CT molecular complexity index is 535. The molecule has 24 heavy (non-hydrogen) atoms. The Morgan fingerprint density at radius 3 is 1.42 bits per heavy atom. The van der Waals surface area contributed by atoms with E-state index in [1.54, 1.807) is 0 Å². The molecule has 0 rings (SSSR count). The average Bonchev–Trinajstić information content (AvgIpc) is 2.43. The molecule has 0 saturated heterocycles. The van der Waals surface area contributed by atoms with E-state index in [4.69, 9.17) is 0 Å². The van der Waals surface area contributed by atoms with Gasteiger partial charge >= 0.3 is 0 Å².